The lowest BCUT2D eigenvalue weighted by atomic mass is 10.0. The smallest absolute Gasteiger partial charge is 0.281 e. The number of pyridine rings is 1. The third kappa shape index (κ3) is 2.34. The summed E-state index contributed by atoms with van der Waals surface area (Å²) in [4.78, 5) is 30.9. The zero-order valence-corrected chi connectivity index (χ0v) is 13.6. The number of ether oxygens (including phenoxy) is 3. The molecule has 0 fully saturated rings. The second-order valence-electron chi connectivity index (χ2n) is 5.85. The molecule has 1 N–H and O–H groups in total. The first-order valence-electron chi connectivity index (χ1n) is 7.62. The van der Waals surface area contributed by atoms with Crippen molar-refractivity contribution in [3.05, 3.63) is 36.5 Å². The van der Waals surface area contributed by atoms with Crippen molar-refractivity contribution in [2.24, 2.45) is 0 Å². The van der Waals surface area contributed by atoms with Crippen molar-refractivity contribution in [3.8, 4) is 17.2 Å². The Morgan fingerprint density at radius 3 is 2.88 bits per heavy atom. The second-order valence-corrected chi connectivity index (χ2v) is 5.85. The van der Waals surface area contributed by atoms with E-state index in [1.165, 1.54) is 11.8 Å². The van der Waals surface area contributed by atoms with Crippen LogP contribution in [-0.4, -0.2) is 36.2 Å². The summed E-state index contributed by atoms with van der Waals surface area (Å²) in [5.74, 6) is 0.794. The summed E-state index contributed by atoms with van der Waals surface area (Å²) in [6.45, 7) is 1.57. The molecule has 2 aromatic rings. The van der Waals surface area contributed by atoms with E-state index in [-0.39, 0.29) is 6.79 Å². The average Bonchev–Trinajstić information content (AvgIpc) is 3.07. The molecule has 1 aromatic carbocycles. The molecule has 0 aliphatic carbocycles. The van der Waals surface area contributed by atoms with Crippen molar-refractivity contribution in [1.82, 2.24) is 4.98 Å². The van der Waals surface area contributed by atoms with E-state index in [1.54, 1.807) is 43.6 Å². The molecule has 1 aromatic heterocycles. The minimum Gasteiger partial charge on any atom is -0.464 e. The Labute approximate surface area is 143 Å². The van der Waals surface area contributed by atoms with Gasteiger partial charge in [0.2, 0.25) is 6.79 Å². The molecule has 1 unspecified atom stereocenters. The van der Waals surface area contributed by atoms with Crippen LogP contribution in [0.4, 0.5) is 11.5 Å². The highest BCUT2D eigenvalue weighted by Crippen LogP contribution is 2.37. The van der Waals surface area contributed by atoms with Crippen LogP contribution >= 0.6 is 0 Å². The van der Waals surface area contributed by atoms with Gasteiger partial charge in [0.05, 0.1) is 0 Å². The van der Waals surface area contributed by atoms with Crippen LogP contribution in [0.25, 0.3) is 0 Å². The lowest BCUT2D eigenvalue weighted by Gasteiger charge is -2.36. The molecule has 0 radical (unpaired) electrons. The molecule has 0 saturated carbocycles. The molecule has 0 saturated heterocycles. The van der Waals surface area contributed by atoms with Gasteiger partial charge >= 0.3 is 0 Å². The Kier molecular flexibility index (Phi) is 3.28. The quantitative estimate of drug-likeness (QED) is 0.834. The van der Waals surface area contributed by atoms with Gasteiger partial charge in [-0.15, -0.1) is 0 Å². The Morgan fingerprint density at radius 2 is 2.04 bits per heavy atom. The van der Waals surface area contributed by atoms with Gasteiger partial charge in [0, 0.05) is 25.0 Å². The average molecular weight is 341 g/mol. The van der Waals surface area contributed by atoms with Crippen molar-refractivity contribution in [2.45, 2.75) is 12.5 Å². The molecule has 8 heteroatoms. The number of fused-ring (bicyclic) bond motifs is 2. The van der Waals surface area contributed by atoms with Crippen LogP contribution in [0.2, 0.25) is 0 Å². The molecule has 0 bridgehead atoms. The SMILES string of the molecule is CN1C(=O)C(C)(C(=O)Nc2ccc3c(c2)OCO3)Oc2cccnc21. The Bertz CT molecular complexity index is 884. The maximum atomic E-state index is 12.8. The fourth-order valence-corrected chi connectivity index (χ4v) is 2.76. The number of aromatic nitrogens is 1. The van der Waals surface area contributed by atoms with Crippen molar-refractivity contribution >= 4 is 23.3 Å². The molecule has 1 atom stereocenters. The third-order valence-electron chi connectivity index (χ3n) is 4.16. The minimum absolute atomic E-state index is 0.140. The lowest BCUT2D eigenvalue weighted by molar-refractivity contribution is -0.145. The number of amides is 2. The molecule has 128 valence electrons. The molecule has 2 aliphatic heterocycles. The predicted molar refractivity (Wildman–Crippen MR) is 87.9 cm³/mol. The summed E-state index contributed by atoms with van der Waals surface area (Å²) in [5.41, 5.74) is -1.23. The summed E-state index contributed by atoms with van der Waals surface area (Å²) in [6, 6.07) is 8.34. The monoisotopic (exact) mass is 341 g/mol. The highest BCUT2D eigenvalue weighted by Gasteiger charge is 2.50. The first kappa shape index (κ1) is 15.3. The Hall–Kier alpha value is -3.29. The lowest BCUT2D eigenvalue weighted by Crippen LogP contribution is -2.60. The number of benzene rings is 1. The molecule has 0 spiro atoms. The second kappa shape index (κ2) is 5.37. The van der Waals surface area contributed by atoms with Crippen molar-refractivity contribution in [1.29, 1.82) is 0 Å². The van der Waals surface area contributed by atoms with Crippen LogP contribution < -0.4 is 24.4 Å². The van der Waals surface area contributed by atoms with Crippen LogP contribution in [0.1, 0.15) is 6.92 Å². The molecule has 8 nitrogen and oxygen atoms in total. The molecular weight excluding hydrogens is 326 g/mol. The zero-order chi connectivity index (χ0) is 17.6. The summed E-state index contributed by atoms with van der Waals surface area (Å²) >= 11 is 0. The highest BCUT2D eigenvalue weighted by molar-refractivity contribution is 6.19. The van der Waals surface area contributed by atoms with Crippen molar-refractivity contribution in [2.75, 3.05) is 24.1 Å². The number of nitrogens with zero attached hydrogens (tertiary/aromatic N) is 2. The normalized spacial score (nSPS) is 20.7. The molecule has 2 aliphatic rings. The van der Waals surface area contributed by atoms with E-state index in [1.807, 2.05) is 0 Å². The van der Waals surface area contributed by atoms with E-state index in [9.17, 15) is 9.59 Å². The van der Waals surface area contributed by atoms with Gasteiger partial charge in [0.25, 0.3) is 17.4 Å². The van der Waals surface area contributed by atoms with Gasteiger partial charge in [0.15, 0.2) is 23.1 Å². The standard InChI is InChI=1S/C17H15N3O5/c1-17(16(22)20(2)14-12(25-17)4-3-7-18-14)15(21)19-10-5-6-11-13(8-10)24-9-23-11/h3-8H,9H2,1-2H3,(H,19,21). The first-order chi connectivity index (χ1) is 12.0. The van der Waals surface area contributed by atoms with Gasteiger partial charge in [-0.2, -0.15) is 0 Å². The van der Waals surface area contributed by atoms with Crippen LogP contribution in [0, 0.1) is 0 Å². The Balaban J connectivity index is 1.62. The number of nitrogens with one attached hydrogen (secondary N) is 1. The van der Waals surface area contributed by atoms with E-state index in [2.05, 4.69) is 10.3 Å². The maximum absolute atomic E-state index is 12.8. The van der Waals surface area contributed by atoms with Crippen LogP contribution in [-0.2, 0) is 9.59 Å². The summed E-state index contributed by atoms with van der Waals surface area (Å²) in [6.07, 6.45) is 1.56. The summed E-state index contributed by atoms with van der Waals surface area (Å²) in [7, 11) is 1.56. The van der Waals surface area contributed by atoms with E-state index >= 15 is 0 Å². The third-order valence-corrected chi connectivity index (χ3v) is 4.16. The molecule has 3 heterocycles. The van der Waals surface area contributed by atoms with E-state index in [4.69, 9.17) is 14.2 Å². The molecule has 2 amide bonds. The number of hydrogen-bond acceptors (Lipinski definition) is 6. The van der Waals surface area contributed by atoms with Crippen molar-refractivity contribution in [3.63, 3.8) is 0 Å². The van der Waals surface area contributed by atoms with Gasteiger partial charge in [-0.25, -0.2) is 4.98 Å². The maximum Gasteiger partial charge on any atom is 0.281 e. The zero-order valence-electron chi connectivity index (χ0n) is 13.6. The summed E-state index contributed by atoms with van der Waals surface area (Å²) in [5, 5.41) is 2.70. The fourth-order valence-electron chi connectivity index (χ4n) is 2.76. The number of hydrogen-bond donors (Lipinski definition) is 1. The number of carbonyl (C=O) groups is 2. The molecule has 4 rings (SSSR count). The minimum atomic E-state index is -1.71. The van der Waals surface area contributed by atoms with Gasteiger partial charge < -0.3 is 19.5 Å². The van der Waals surface area contributed by atoms with Gasteiger partial charge in [0.1, 0.15) is 0 Å². The molecular formula is C17H15N3O5. The largest absolute Gasteiger partial charge is 0.464 e. The van der Waals surface area contributed by atoms with Crippen molar-refractivity contribution < 1.29 is 23.8 Å². The van der Waals surface area contributed by atoms with Crippen LogP contribution in [0.5, 0.6) is 17.2 Å². The van der Waals surface area contributed by atoms with E-state index in [0.717, 1.165) is 0 Å². The molecule has 25 heavy (non-hydrogen) atoms. The first-order valence-corrected chi connectivity index (χ1v) is 7.62. The van der Waals surface area contributed by atoms with Crippen LogP contribution in [0.15, 0.2) is 36.5 Å². The van der Waals surface area contributed by atoms with E-state index < -0.39 is 17.4 Å². The fraction of sp³-hybridized carbons (Fsp3) is 0.235. The predicted octanol–water partition coefficient (Wildman–Crippen LogP) is 1.56. The van der Waals surface area contributed by atoms with Gasteiger partial charge in [-0.1, -0.05) is 0 Å². The Morgan fingerprint density at radius 1 is 1.24 bits per heavy atom. The van der Waals surface area contributed by atoms with E-state index in [0.29, 0.717) is 28.8 Å². The number of rotatable bonds is 2. The number of likely N-dealkylation sites (N-methyl/N-ethyl adjacent to an activating group) is 1. The topological polar surface area (TPSA) is 90.0 Å². The summed E-state index contributed by atoms with van der Waals surface area (Å²) < 4.78 is 16.2. The van der Waals surface area contributed by atoms with Crippen LogP contribution in [0.3, 0.4) is 0 Å². The van der Waals surface area contributed by atoms with Gasteiger partial charge in [-0.3, -0.25) is 14.5 Å². The highest BCUT2D eigenvalue weighted by atomic mass is 16.7. The van der Waals surface area contributed by atoms with Gasteiger partial charge in [-0.05, 0) is 31.2 Å². The number of carbonyl (C=O) groups excluding carboxylic acids is 2. The number of anilines is 2.